The predicted molar refractivity (Wildman–Crippen MR) is 138 cm³/mol. The SMILES string of the molecule is O=C(N[C@H]1CCCCC1C=NC(=O)c1nc2c(s1)CN(CCO)CC2)c1cc2cc(Cl)ccc2[nH]1. The second-order valence-electron chi connectivity index (χ2n) is 9.16. The van der Waals surface area contributed by atoms with Crippen LogP contribution in [0.4, 0.5) is 0 Å². The summed E-state index contributed by atoms with van der Waals surface area (Å²) in [6, 6.07) is 7.19. The van der Waals surface area contributed by atoms with Crippen LogP contribution in [0.1, 0.15) is 56.5 Å². The summed E-state index contributed by atoms with van der Waals surface area (Å²) in [5.74, 6) is -0.514. The van der Waals surface area contributed by atoms with Crippen LogP contribution in [-0.2, 0) is 13.0 Å². The van der Waals surface area contributed by atoms with Crippen LogP contribution < -0.4 is 5.32 Å². The minimum atomic E-state index is -0.332. The van der Waals surface area contributed by atoms with Gasteiger partial charge in [0, 0.05) is 65.0 Å². The van der Waals surface area contributed by atoms with Gasteiger partial charge in [0.15, 0.2) is 5.01 Å². The molecule has 1 fully saturated rings. The number of hydrogen-bond donors (Lipinski definition) is 3. The van der Waals surface area contributed by atoms with Gasteiger partial charge in [0.1, 0.15) is 5.69 Å². The number of fused-ring (bicyclic) bond motifs is 2. The van der Waals surface area contributed by atoms with E-state index in [2.05, 4.69) is 25.2 Å². The van der Waals surface area contributed by atoms with E-state index in [1.165, 1.54) is 11.3 Å². The molecule has 1 saturated carbocycles. The number of thiazole rings is 1. The van der Waals surface area contributed by atoms with Gasteiger partial charge in [-0.05, 0) is 37.1 Å². The average molecular weight is 514 g/mol. The monoisotopic (exact) mass is 513 g/mol. The Morgan fingerprint density at radius 2 is 2.17 bits per heavy atom. The lowest BCUT2D eigenvalue weighted by Gasteiger charge is -2.29. The van der Waals surface area contributed by atoms with Gasteiger partial charge in [0.2, 0.25) is 0 Å². The number of aromatic nitrogens is 2. The fraction of sp³-hybridized carbons (Fsp3) is 0.440. The van der Waals surface area contributed by atoms with Crippen LogP contribution in [0.5, 0.6) is 0 Å². The van der Waals surface area contributed by atoms with E-state index < -0.39 is 0 Å². The molecule has 1 aliphatic heterocycles. The normalized spacial score (nSPS) is 20.9. The number of carbonyl (C=O) groups is 2. The highest BCUT2D eigenvalue weighted by molar-refractivity contribution is 7.13. The van der Waals surface area contributed by atoms with Crippen molar-refractivity contribution in [1.29, 1.82) is 0 Å². The van der Waals surface area contributed by atoms with E-state index >= 15 is 0 Å². The van der Waals surface area contributed by atoms with Gasteiger partial charge in [-0.2, -0.15) is 0 Å². The maximum atomic E-state index is 12.9. The number of aliphatic imine (C=N–C) groups is 1. The van der Waals surface area contributed by atoms with E-state index in [9.17, 15) is 14.7 Å². The standard InChI is InChI=1S/C25H28ClN5O3S/c26-17-5-6-19-16(11-17)12-21(28-19)23(33)29-18-4-2-1-3-15(18)13-27-24(34)25-30-20-7-8-31(9-10-32)14-22(20)35-25/h5-6,11-13,15,18,28,32H,1-4,7-10,14H2,(H,29,33)/t15?,18-/m0/s1. The molecule has 0 spiro atoms. The molecule has 1 aromatic carbocycles. The maximum Gasteiger partial charge on any atom is 0.305 e. The zero-order chi connectivity index (χ0) is 24.4. The van der Waals surface area contributed by atoms with Crippen molar-refractivity contribution >= 4 is 51.9 Å². The summed E-state index contributed by atoms with van der Waals surface area (Å²) in [6.07, 6.45) is 6.25. The fourth-order valence-corrected chi connectivity index (χ4v) is 6.10. The number of H-pyrrole nitrogens is 1. The number of β-amino-alcohol motifs (C(OH)–C–C–N with tert-alkyl or cyclic N) is 1. The third-order valence-corrected chi connectivity index (χ3v) is 8.06. The average Bonchev–Trinajstić information content (AvgIpc) is 3.47. The van der Waals surface area contributed by atoms with Crippen molar-refractivity contribution in [3.63, 3.8) is 0 Å². The minimum Gasteiger partial charge on any atom is -0.395 e. The Morgan fingerprint density at radius 1 is 1.31 bits per heavy atom. The number of benzene rings is 1. The number of aliphatic hydroxyl groups is 1. The van der Waals surface area contributed by atoms with Crippen molar-refractivity contribution in [1.82, 2.24) is 20.2 Å². The number of carbonyl (C=O) groups excluding carboxylic acids is 2. The predicted octanol–water partition coefficient (Wildman–Crippen LogP) is 3.83. The third kappa shape index (κ3) is 5.48. The van der Waals surface area contributed by atoms with E-state index in [4.69, 9.17) is 11.6 Å². The summed E-state index contributed by atoms with van der Waals surface area (Å²) >= 11 is 7.45. The number of aliphatic hydroxyl groups excluding tert-OH is 1. The minimum absolute atomic E-state index is 0.00916. The molecule has 0 saturated heterocycles. The molecule has 2 aromatic heterocycles. The molecule has 3 N–H and O–H groups in total. The number of halogens is 1. The van der Waals surface area contributed by atoms with E-state index in [-0.39, 0.29) is 30.4 Å². The second kappa shape index (κ2) is 10.6. The van der Waals surface area contributed by atoms with Gasteiger partial charge in [-0.3, -0.25) is 14.5 Å². The van der Waals surface area contributed by atoms with Crippen LogP contribution in [0.2, 0.25) is 5.02 Å². The number of aromatic amines is 1. The second-order valence-corrected chi connectivity index (χ2v) is 10.7. The first-order chi connectivity index (χ1) is 17.0. The molecule has 0 radical (unpaired) electrons. The summed E-state index contributed by atoms with van der Waals surface area (Å²) in [4.78, 5) is 40.9. The van der Waals surface area contributed by atoms with Gasteiger partial charge in [-0.1, -0.05) is 24.4 Å². The van der Waals surface area contributed by atoms with Crippen LogP contribution in [0.15, 0.2) is 29.3 Å². The van der Waals surface area contributed by atoms with Crippen LogP contribution in [0.3, 0.4) is 0 Å². The molecule has 2 aliphatic rings. The number of nitrogens with zero attached hydrogens (tertiary/aromatic N) is 3. The molecule has 35 heavy (non-hydrogen) atoms. The first-order valence-corrected chi connectivity index (χ1v) is 13.2. The van der Waals surface area contributed by atoms with Crippen molar-refractivity contribution in [3.05, 3.63) is 50.6 Å². The largest absolute Gasteiger partial charge is 0.395 e. The van der Waals surface area contributed by atoms with Gasteiger partial charge < -0.3 is 15.4 Å². The molecule has 5 rings (SSSR count). The van der Waals surface area contributed by atoms with E-state index in [0.717, 1.165) is 60.1 Å². The van der Waals surface area contributed by atoms with E-state index in [1.54, 1.807) is 18.3 Å². The number of rotatable bonds is 6. The summed E-state index contributed by atoms with van der Waals surface area (Å²) in [5, 5.41) is 14.2. The number of hydrogen-bond acceptors (Lipinski definition) is 6. The van der Waals surface area contributed by atoms with E-state index in [1.807, 2.05) is 12.1 Å². The molecule has 0 bridgehead atoms. The lowest BCUT2D eigenvalue weighted by Crippen LogP contribution is -2.42. The van der Waals surface area contributed by atoms with Crippen molar-refractivity contribution in [3.8, 4) is 0 Å². The highest BCUT2D eigenvalue weighted by Gasteiger charge is 2.27. The van der Waals surface area contributed by atoms with Gasteiger partial charge >= 0.3 is 5.91 Å². The highest BCUT2D eigenvalue weighted by Crippen LogP contribution is 2.27. The molecule has 1 unspecified atom stereocenters. The van der Waals surface area contributed by atoms with Crippen molar-refractivity contribution in [2.24, 2.45) is 10.9 Å². The first kappa shape index (κ1) is 24.1. The number of amides is 2. The molecule has 184 valence electrons. The summed E-state index contributed by atoms with van der Waals surface area (Å²) < 4.78 is 0. The van der Waals surface area contributed by atoms with Gasteiger partial charge in [0.05, 0.1) is 12.3 Å². The van der Waals surface area contributed by atoms with Crippen molar-refractivity contribution < 1.29 is 14.7 Å². The molecular formula is C25H28ClN5O3S. The molecule has 3 heterocycles. The molecule has 8 nitrogen and oxygen atoms in total. The topological polar surface area (TPSA) is 111 Å². The smallest absolute Gasteiger partial charge is 0.305 e. The Kier molecular flexibility index (Phi) is 7.29. The summed E-state index contributed by atoms with van der Waals surface area (Å²) in [7, 11) is 0. The van der Waals surface area contributed by atoms with Crippen molar-refractivity contribution in [2.75, 3.05) is 19.7 Å². The van der Waals surface area contributed by atoms with Crippen LogP contribution in [0.25, 0.3) is 10.9 Å². The molecular weight excluding hydrogens is 486 g/mol. The zero-order valence-corrected chi connectivity index (χ0v) is 20.9. The van der Waals surface area contributed by atoms with Gasteiger partial charge in [-0.15, -0.1) is 11.3 Å². The van der Waals surface area contributed by atoms with Gasteiger partial charge in [-0.25, -0.2) is 9.98 Å². The summed E-state index contributed by atoms with van der Waals surface area (Å²) in [6.45, 7) is 2.29. The fourth-order valence-electron chi connectivity index (χ4n) is 4.88. The molecule has 1 aliphatic carbocycles. The van der Waals surface area contributed by atoms with Crippen LogP contribution >= 0.6 is 22.9 Å². The zero-order valence-electron chi connectivity index (χ0n) is 19.3. The number of nitrogens with one attached hydrogen (secondary N) is 2. The third-order valence-electron chi connectivity index (χ3n) is 6.76. The molecule has 2 amide bonds. The van der Waals surface area contributed by atoms with Crippen LogP contribution in [0, 0.1) is 5.92 Å². The molecule has 2 atom stereocenters. The lowest BCUT2D eigenvalue weighted by atomic mass is 9.85. The lowest BCUT2D eigenvalue weighted by molar-refractivity contribution is 0.0915. The Morgan fingerprint density at radius 3 is 3.03 bits per heavy atom. The first-order valence-electron chi connectivity index (χ1n) is 12.0. The Balaban J connectivity index is 1.24. The molecule has 3 aromatic rings. The molecule has 10 heteroatoms. The van der Waals surface area contributed by atoms with Crippen LogP contribution in [-0.4, -0.2) is 63.7 Å². The Hall–Kier alpha value is -2.59. The van der Waals surface area contributed by atoms with Crippen molar-refractivity contribution in [2.45, 2.75) is 44.7 Å². The highest BCUT2D eigenvalue weighted by atomic mass is 35.5. The Labute approximate surface area is 212 Å². The quantitative estimate of drug-likeness (QED) is 0.434. The van der Waals surface area contributed by atoms with E-state index in [0.29, 0.717) is 28.8 Å². The Bertz CT molecular complexity index is 1270. The van der Waals surface area contributed by atoms with Gasteiger partial charge in [0.25, 0.3) is 5.91 Å². The maximum absolute atomic E-state index is 12.9. The summed E-state index contributed by atoms with van der Waals surface area (Å²) in [5.41, 5.74) is 2.31.